The van der Waals surface area contributed by atoms with Crippen LogP contribution in [0.5, 0.6) is 0 Å². The largest absolute Gasteiger partial charge is 0.542 e. The summed E-state index contributed by atoms with van der Waals surface area (Å²) in [5.41, 5.74) is 6.64. The Morgan fingerprint density at radius 3 is 1.41 bits per heavy atom. The maximum Gasteiger partial charge on any atom is 0.430 e. The van der Waals surface area contributed by atoms with E-state index in [1.54, 1.807) is 0 Å². The fourth-order valence-electron chi connectivity index (χ4n) is 1.78. The maximum absolute atomic E-state index is 10.5. The fourth-order valence-corrected chi connectivity index (χ4v) is 1.78. The number of aliphatic carboxylic acids is 1. The summed E-state index contributed by atoms with van der Waals surface area (Å²) in [6.45, 7) is 2.15. The van der Waals surface area contributed by atoms with Gasteiger partial charge in [-0.3, -0.25) is 0 Å². The Morgan fingerprint density at radius 2 is 1.18 bits per heavy atom. The summed E-state index contributed by atoms with van der Waals surface area (Å²) in [6, 6.07) is 20.8. The Balaban J connectivity index is 0.000000295. The number of rotatable bonds is 2. The molecule has 0 aliphatic carbocycles. The third kappa shape index (κ3) is 4.89. The third-order valence-electron chi connectivity index (χ3n) is 3.05. The zero-order valence-corrected chi connectivity index (χ0v) is 11.9. The fraction of sp³-hybridized carbons (Fsp3) is 0.188. The molecule has 0 aliphatic rings. The van der Waals surface area contributed by atoms with E-state index in [0.29, 0.717) is 0 Å². The minimum atomic E-state index is -5.19. The number of benzene rings is 2. The van der Waals surface area contributed by atoms with Crippen LogP contribution in [0.1, 0.15) is 18.1 Å². The van der Waals surface area contributed by atoms with Gasteiger partial charge in [0.2, 0.25) is 0 Å². The molecule has 0 spiro atoms. The van der Waals surface area contributed by atoms with Crippen molar-refractivity contribution in [2.24, 2.45) is 0 Å². The van der Waals surface area contributed by atoms with Gasteiger partial charge in [0, 0.05) is 11.1 Å². The van der Waals surface area contributed by atoms with E-state index in [1.165, 1.54) is 11.1 Å². The van der Waals surface area contributed by atoms with Crippen molar-refractivity contribution >= 4 is 5.97 Å². The minimum absolute atomic E-state index is 0.164. The molecular formula is C16H16F3NO2. The number of alkyl halides is 3. The molecule has 3 nitrogen and oxygen atoms in total. The lowest BCUT2D eigenvalue weighted by Crippen LogP contribution is -2.68. The van der Waals surface area contributed by atoms with E-state index in [2.05, 4.69) is 61.2 Å². The van der Waals surface area contributed by atoms with E-state index < -0.39 is 12.1 Å². The van der Waals surface area contributed by atoms with Crippen molar-refractivity contribution in [2.45, 2.75) is 18.6 Å². The predicted molar refractivity (Wildman–Crippen MR) is 73.3 cm³/mol. The van der Waals surface area contributed by atoms with E-state index >= 15 is 0 Å². The van der Waals surface area contributed by atoms with Gasteiger partial charge in [-0.25, -0.2) is 0 Å². The number of carboxylic acids is 1. The Kier molecular flexibility index (Phi) is 5.70. The highest BCUT2D eigenvalue weighted by Gasteiger charge is 2.29. The Morgan fingerprint density at radius 1 is 0.909 bits per heavy atom. The van der Waals surface area contributed by atoms with Gasteiger partial charge in [-0.2, -0.15) is 13.2 Å². The molecule has 0 amide bonds. The van der Waals surface area contributed by atoms with Crippen molar-refractivity contribution < 1.29 is 28.8 Å². The second-order valence-corrected chi connectivity index (χ2v) is 4.85. The molecule has 2 aromatic rings. The third-order valence-corrected chi connectivity index (χ3v) is 3.05. The standard InChI is InChI=1S/C14H15N.C2HF3O2/c1-14(15,12-8-4-2-5-9-12)13-10-6-3-7-11-13;3-2(4,5)1(6)7/h2-11H,15H2,1H3;(H,6,7). The molecule has 0 bridgehead atoms. The van der Waals surface area contributed by atoms with Gasteiger partial charge >= 0.3 is 6.18 Å². The number of hydrogen-bond acceptors (Lipinski definition) is 2. The Hall–Kier alpha value is -2.34. The van der Waals surface area contributed by atoms with Gasteiger partial charge in [0.15, 0.2) is 0 Å². The lowest BCUT2D eigenvalue weighted by atomic mass is 9.86. The first-order chi connectivity index (χ1) is 10.2. The zero-order valence-electron chi connectivity index (χ0n) is 11.9. The molecule has 0 atom stereocenters. The molecule has 2 rings (SSSR count). The lowest BCUT2D eigenvalue weighted by molar-refractivity contribution is -0.465. The summed E-state index contributed by atoms with van der Waals surface area (Å²) in [5, 5.41) is 8.78. The van der Waals surface area contributed by atoms with Gasteiger partial charge < -0.3 is 15.6 Å². The molecule has 0 saturated carbocycles. The van der Waals surface area contributed by atoms with E-state index in [1.807, 2.05) is 12.1 Å². The van der Waals surface area contributed by atoms with Crippen LogP contribution in [0.2, 0.25) is 0 Å². The van der Waals surface area contributed by atoms with Crippen molar-refractivity contribution in [3.8, 4) is 0 Å². The maximum atomic E-state index is 10.5. The molecule has 0 fully saturated rings. The molecular weight excluding hydrogens is 295 g/mol. The molecule has 2 aromatic carbocycles. The first kappa shape index (κ1) is 17.7. The topological polar surface area (TPSA) is 67.8 Å². The molecule has 118 valence electrons. The number of halogens is 3. The quantitative estimate of drug-likeness (QED) is 0.913. The minimum Gasteiger partial charge on any atom is -0.542 e. The van der Waals surface area contributed by atoms with Gasteiger partial charge in [-0.05, 0) is 6.92 Å². The monoisotopic (exact) mass is 311 g/mol. The second kappa shape index (κ2) is 7.09. The summed E-state index contributed by atoms with van der Waals surface area (Å²) in [7, 11) is 0. The number of carbonyl (C=O) groups excluding carboxylic acids is 1. The normalized spacial score (nSPS) is 11.3. The van der Waals surface area contributed by atoms with Crippen LogP contribution in [0.3, 0.4) is 0 Å². The highest BCUT2D eigenvalue weighted by atomic mass is 19.4. The van der Waals surface area contributed by atoms with Gasteiger partial charge in [0.1, 0.15) is 11.5 Å². The van der Waals surface area contributed by atoms with Gasteiger partial charge in [-0.1, -0.05) is 60.7 Å². The Bertz CT molecular complexity index is 554. The van der Waals surface area contributed by atoms with Crippen LogP contribution in [-0.2, 0) is 10.3 Å². The van der Waals surface area contributed by atoms with Crippen molar-refractivity contribution in [3.63, 3.8) is 0 Å². The van der Waals surface area contributed by atoms with Gasteiger partial charge in [-0.15, -0.1) is 0 Å². The van der Waals surface area contributed by atoms with Crippen LogP contribution in [0.4, 0.5) is 13.2 Å². The molecule has 3 N–H and O–H groups in total. The van der Waals surface area contributed by atoms with Crippen LogP contribution in [0, 0.1) is 0 Å². The van der Waals surface area contributed by atoms with Crippen LogP contribution in [0.25, 0.3) is 0 Å². The molecule has 0 saturated heterocycles. The summed E-state index contributed by atoms with van der Waals surface area (Å²) in [4.78, 5) is 8.78. The van der Waals surface area contributed by atoms with E-state index in [-0.39, 0.29) is 5.54 Å². The van der Waals surface area contributed by atoms with Crippen molar-refractivity contribution in [2.75, 3.05) is 0 Å². The second-order valence-electron chi connectivity index (χ2n) is 4.85. The predicted octanol–water partition coefficient (Wildman–Crippen LogP) is 1.49. The van der Waals surface area contributed by atoms with E-state index in [9.17, 15) is 13.2 Å². The smallest absolute Gasteiger partial charge is 0.430 e. The number of carboxylic acid groups (broad SMARTS) is 1. The van der Waals surface area contributed by atoms with Crippen LogP contribution in [-0.4, -0.2) is 12.1 Å². The molecule has 0 radical (unpaired) electrons. The zero-order chi connectivity index (χ0) is 16.8. The number of carbonyl (C=O) groups is 1. The van der Waals surface area contributed by atoms with E-state index in [0.717, 1.165) is 0 Å². The Labute approximate surface area is 126 Å². The summed E-state index contributed by atoms with van der Waals surface area (Å²) in [6.07, 6.45) is -5.19. The number of quaternary nitrogens is 1. The van der Waals surface area contributed by atoms with Crippen molar-refractivity contribution in [3.05, 3.63) is 71.8 Å². The molecule has 0 unspecified atom stereocenters. The van der Waals surface area contributed by atoms with Gasteiger partial charge in [0.25, 0.3) is 0 Å². The van der Waals surface area contributed by atoms with Crippen LogP contribution < -0.4 is 10.8 Å². The molecule has 0 aromatic heterocycles. The first-order valence-electron chi connectivity index (χ1n) is 6.40. The van der Waals surface area contributed by atoms with Crippen LogP contribution in [0.15, 0.2) is 60.7 Å². The highest BCUT2D eigenvalue weighted by Crippen LogP contribution is 2.23. The summed E-state index contributed by atoms with van der Waals surface area (Å²) >= 11 is 0. The first-order valence-corrected chi connectivity index (χ1v) is 6.40. The van der Waals surface area contributed by atoms with E-state index in [4.69, 9.17) is 9.90 Å². The number of hydrogen-bond donors (Lipinski definition) is 1. The highest BCUT2D eigenvalue weighted by molar-refractivity contribution is 5.70. The molecule has 22 heavy (non-hydrogen) atoms. The molecule has 0 heterocycles. The lowest BCUT2D eigenvalue weighted by Gasteiger charge is -2.21. The molecule has 0 aliphatic heterocycles. The average molecular weight is 311 g/mol. The van der Waals surface area contributed by atoms with Crippen LogP contribution >= 0.6 is 0 Å². The summed E-state index contributed by atoms with van der Waals surface area (Å²) < 4.78 is 31.5. The average Bonchev–Trinajstić information content (AvgIpc) is 2.49. The summed E-state index contributed by atoms with van der Waals surface area (Å²) in [5.74, 6) is -3.01. The van der Waals surface area contributed by atoms with Gasteiger partial charge in [0.05, 0.1) is 0 Å². The molecule has 6 heteroatoms. The SMILES string of the molecule is CC([NH3+])(c1ccccc1)c1ccccc1.O=C([O-])C(F)(F)F. The van der Waals surface area contributed by atoms with Crippen molar-refractivity contribution in [1.82, 2.24) is 0 Å². The van der Waals surface area contributed by atoms with Crippen molar-refractivity contribution in [1.29, 1.82) is 0 Å².